The summed E-state index contributed by atoms with van der Waals surface area (Å²) in [5.74, 6) is 1.24. The number of aryl methyl sites for hydroxylation is 1. The number of nitrogen functional groups attached to an aromatic ring is 1. The number of ether oxygens (including phenoxy) is 1. The fraction of sp³-hybridized carbons (Fsp3) is 0.692. The van der Waals surface area contributed by atoms with Crippen molar-refractivity contribution in [3.05, 3.63) is 15.1 Å². The number of halogens is 1. The second-order valence-electron chi connectivity index (χ2n) is 5.28. The van der Waals surface area contributed by atoms with E-state index >= 15 is 0 Å². The second-order valence-corrected chi connectivity index (χ2v) is 6.36. The van der Waals surface area contributed by atoms with E-state index in [1.807, 2.05) is 6.92 Å². The van der Waals surface area contributed by atoms with Crippen LogP contribution in [0.25, 0.3) is 0 Å². The lowest BCUT2D eigenvalue weighted by atomic mass is 9.88. The average molecular weight is 363 g/mol. The summed E-state index contributed by atoms with van der Waals surface area (Å²) >= 11 is 2.20. The quantitative estimate of drug-likeness (QED) is 0.834. The lowest BCUT2D eigenvalue weighted by Crippen LogP contribution is -2.24. The van der Waals surface area contributed by atoms with Gasteiger partial charge >= 0.3 is 0 Å². The van der Waals surface area contributed by atoms with Gasteiger partial charge in [0.05, 0.1) is 9.26 Å². The highest BCUT2D eigenvalue weighted by molar-refractivity contribution is 14.1. The molecule has 1 unspecified atom stereocenters. The van der Waals surface area contributed by atoms with Gasteiger partial charge in [-0.25, -0.2) is 9.97 Å². The molecule has 0 aromatic carbocycles. The van der Waals surface area contributed by atoms with Crippen molar-refractivity contribution in [1.82, 2.24) is 9.97 Å². The Morgan fingerprint density at radius 1 is 1.28 bits per heavy atom. The summed E-state index contributed by atoms with van der Waals surface area (Å²) in [4.78, 5) is 9.01. The van der Waals surface area contributed by atoms with Crippen LogP contribution < -0.4 is 5.73 Å². The number of hydrogen-bond acceptors (Lipinski definition) is 4. The maximum atomic E-state index is 5.96. The third kappa shape index (κ3) is 3.54. The first kappa shape index (κ1) is 15.6. The van der Waals surface area contributed by atoms with Crippen LogP contribution in [-0.4, -0.2) is 16.6 Å². The molecule has 0 aliphatic rings. The van der Waals surface area contributed by atoms with Crippen molar-refractivity contribution in [1.29, 1.82) is 0 Å². The fourth-order valence-corrected chi connectivity index (χ4v) is 2.39. The molecule has 0 amide bonds. The number of aromatic nitrogens is 2. The van der Waals surface area contributed by atoms with Crippen LogP contribution in [0.2, 0.25) is 0 Å². The van der Waals surface area contributed by atoms with Gasteiger partial charge in [0.2, 0.25) is 0 Å². The summed E-state index contributed by atoms with van der Waals surface area (Å²) in [7, 11) is 0. The first-order chi connectivity index (χ1) is 8.31. The van der Waals surface area contributed by atoms with Crippen molar-refractivity contribution in [2.75, 3.05) is 12.3 Å². The van der Waals surface area contributed by atoms with Crippen LogP contribution in [0.15, 0.2) is 0 Å². The third-order valence-corrected chi connectivity index (χ3v) is 3.83. The normalized spacial score (nSPS) is 13.7. The van der Waals surface area contributed by atoms with Crippen LogP contribution in [0, 0.1) is 8.99 Å². The SMILES string of the molecule is CCOC(c1nc(N)c(I)c(CC)n1)C(C)(C)C. The molecule has 0 aliphatic heterocycles. The molecule has 18 heavy (non-hydrogen) atoms. The van der Waals surface area contributed by atoms with E-state index in [9.17, 15) is 0 Å². The Balaban J connectivity index is 3.25. The molecule has 4 nitrogen and oxygen atoms in total. The molecule has 0 radical (unpaired) electrons. The average Bonchev–Trinajstić information content (AvgIpc) is 2.28. The Labute approximate surface area is 123 Å². The maximum absolute atomic E-state index is 5.96. The van der Waals surface area contributed by atoms with Crippen LogP contribution in [-0.2, 0) is 11.2 Å². The van der Waals surface area contributed by atoms with E-state index in [2.05, 4.69) is 60.3 Å². The molecule has 0 bridgehead atoms. The zero-order chi connectivity index (χ0) is 13.9. The van der Waals surface area contributed by atoms with Gasteiger partial charge in [-0.3, -0.25) is 0 Å². The van der Waals surface area contributed by atoms with E-state index in [0.29, 0.717) is 18.2 Å². The lowest BCUT2D eigenvalue weighted by Gasteiger charge is -2.29. The Morgan fingerprint density at radius 2 is 1.89 bits per heavy atom. The summed E-state index contributed by atoms with van der Waals surface area (Å²) in [5.41, 5.74) is 6.90. The zero-order valence-corrected chi connectivity index (χ0v) is 13.9. The van der Waals surface area contributed by atoms with E-state index in [4.69, 9.17) is 10.5 Å². The molecule has 0 saturated carbocycles. The summed E-state index contributed by atoms with van der Waals surface area (Å²) < 4.78 is 6.75. The lowest BCUT2D eigenvalue weighted by molar-refractivity contribution is -0.0191. The van der Waals surface area contributed by atoms with Gasteiger partial charge in [0.25, 0.3) is 0 Å². The van der Waals surface area contributed by atoms with Gasteiger partial charge in [-0.15, -0.1) is 0 Å². The van der Waals surface area contributed by atoms with Gasteiger partial charge in [-0.2, -0.15) is 0 Å². The second kappa shape index (κ2) is 6.14. The van der Waals surface area contributed by atoms with Gasteiger partial charge in [0.1, 0.15) is 11.9 Å². The smallest absolute Gasteiger partial charge is 0.160 e. The molecule has 0 spiro atoms. The van der Waals surface area contributed by atoms with Crippen LogP contribution in [0.3, 0.4) is 0 Å². The number of hydrogen-bond donors (Lipinski definition) is 1. The van der Waals surface area contributed by atoms with Crippen molar-refractivity contribution in [2.45, 2.75) is 47.1 Å². The number of rotatable bonds is 4. The van der Waals surface area contributed by atoms with Crippen molar-refractivity contribution < 1.29 is 4.74 Å². The molecule has 5 heteroatoms. The molecule has 0 aliphatic carbocycles. The van der Waals surface area contributed by atoms with E-state index < -0.39 is 0 Å². The van der Waals surface area contributed by atoms with E-state index in [-0.39, 0.29) is 11.5 Å². The summed E-state index contributed by atoms with van der Waals surface area (Å²) in [5, 5.41) is 0. The zero-order valence-electron chi connectivity index (χ0n) is 11.7. The van der Waals surface area contributed by atoms with E-state index in [1.165, 1.54) is 0 Å². The molecule has 1 heterocycles. The highest BCUT2D eigenvalue weighted by Gasteiger charge is 2.30. The van der Waals surface area contributed by atoms with Crippen molar-refractivity contribution in [3.8, 4) is 0 Å². The molecule has 2 N–H and O–H groups in total. The summed E-state index contributed by atoms with van der Waals surface area (Å²) in [6.45, 7) is 11.1. The van der Waals surface area contributed by atoms with Crippen LogP contribution in [0.1, 0.15) is 52.2 Å². The molecule has 0 saturated heterocycles. The largest absolute Gasteiger partial charge is 0.383 e. The number of nitrogens with zero attached hydrogens (tertiary/aromatic N) is 2. The monoisotopic (exact) mass is 363 g/mol. The Bertz CT molecular complexity index is 415. The fourth-order valence-electron chi connectivity index (χ4n) is 1.76. The molecule has 1 aromatic heterocycles. The minimum atomic E-state index is -0.132. The van der Waals surface area contributed by atoms with Gasteiger partial charge in [-0.05, 0) is 41.4 Å². The first-order valence-electron chi connectivity index (χ1n) is 6.24. The van der Waals surface area contributed by atoms with Gasteiger partial charge < -0.3 is 10.5 Å². The van der Waals surface area contributed by atoms with Crippen molar-refractivity contribution >= 4 is 28.4 Å². The highest BCUT2D eigenvalue weighted by atomic mass is 127. The van der Waals surface area contributed by atoms with Crippen LogP contribution in [0.4, 0.5) is 5.82 Å². The molecule has 1 aromatic rings. The van der Waals surface area contributed by atoms with Crippen molar-refractivity contribution in [2.24, 2.45) is 5.41 Å². The molecule has 1 atom stereocenters. The molecule has 102 valence electrons. The van der Waals surface area contributed by atoms with Crippen molar-refractivity contribution in [3.63, 3.8) is 0 Å². The number of nitrogens with two attached hydrogens (primary N) is 1. The van der Waals surface area contributed by atoms with Gasteiger partial charge in [0.15, 0.2) is 5.82 Å². The van der Waals surface area contributed by atoms with Crippen LogP contribution >= 0.6 is 22.6 Å². The molecular weight excluding hydrogens is 341 g/mol. The molecule has 1 rings (SSSR count). The summed E-state index contributed by atoms with van der Waals surface area (Å²) in [6, 6.07) is 0. The minimum absolute atomic E-state index is 0.0553. The topological polar surface area (TPSA) is 61.0 Å². The standard InChI is InChI=1S/C13H22IN3O/c1-6-8-9(14)11(15)17-12(16-8)10(18-7-2)13(3,4)5/h10H,6-7H2,1-5H3,(H2,15,16,17). The Morgan fingerprint density at radius 3 is 2.33 bits per heavy atom. The summed E-state index contributed by atoms with van der Waals surface area (Å²) in [6.07, 6.45) is 0.716. The van der Waals surface area contributed by atoms with Crippen LogP contribution in [0.5, 0.6) is 0 Å². The van der Waals surface area contributed by atoms with E-state index in [1.54, 1.807) is 0 Å². The maximum Gasteiger partial charge on any atom is 0.160 e. The van der Waals surface area contributed by atoms with Gasteiger partial charge in [0, 0.05) is 6.61 Å². The number of anilines is 1. The third-order valence-electron chi connectivity index (χ3n) is 2.65. The Kier molecular flexibility index (Phi) is 5.33. The van der Waals surface area contributed by atoms with Gasteiger partial charge in [-0.1, -0.05) is 27.7 Å². The molecular formula is C13H22IN3O. The van der Waals surface area contributed by atoms with E-state index in [0.717, 1.165) is 15.7 Å². The Hall–Kier alpha value is -0.430. The first-order valence-corrected chi connectivity index (χ1v) is 7.32. The minimum Gasteiger partial charge on any atom is -0.383 e. The highest BCUT2D eigenvalue weighted by Crippen LogP contribution is 2.35. The molecule has 0 fully saturated rings. The predicted molar refractivity (Wildman–Crippen MR) is 82.4 cm³/mol. The predicted octanol–water partition coefficient (Wildman–Crippen LogP) is 3.35.